The van der Waals surface area contributed by atoms with E-state index in [4.69, 9.17) is 4.43 Å². The van der Waals surface area contributed by atoms with E-state index in [9.17, 15) is 0 Å². The van der Waals surface area contributed by atoms with Crippen LogP contribution in [0.1, 0.15) is 20.3 Å². The molecule has 1 unspecified atom stereocenters. The van der Waals surface area contributed by atoms with Crippen molar-refractivity contribution < 1.29 is 4.43 Å². The van der Waals surface area contributed by atoms with E-state index in [0.29, 0.717) is 0 Å². The highest BCUT2D eigenvalue weighted by Gasteiger charge is 2.51. The highest BCUT2D eigenvalue weighted by molar-refractivity contribution is 7.40. The summed E-state index contributed by atoms with van der Waals surface area (Å²) in [5, 5.41) is 0. The molecule has 1 fully saturated rings. The van der Waals surface area contributed by atoms with Crippen molar-refractivity contribution in [2.75, 3.05) is 0 Å². The molecule has 1 heterocycles. The van der Waals surface area contributed by atoms with Crippen LogP contribution in [-0.2, 0) is 4.43 Å². The Hall–Kier alpha value is 0.134. The summed E-state index contributed by atoms with van der Waals surface area (Å²) in [5.74, 6) is 0. The Morgan fingerprint density at radius 3 is 2.23 bits per heavy atom. The molecule has 1 aliphatic heterocycles. The molecular weight excluding hydrogens is 192 g/mol. The molecule has 3 heteroatoms. The number of rotatable bonds is 1. The zero-order valence-electron chi connectivity index (χ0n) is 9.61. The first-order valence-corrected chi connectivity index (χ1v) is 11.8. The summed E-state index contributed by atoms with van der Waals surface area (Å²) in [5.41, 5.74) is 2.36. The van der Waals surface area contributed by atoms with Crippen molar-refractivity contribution in [3.63, 3.8) is 0 Å². The van der Waals surface area contributed by atoms with Gasteiger partial charge in [-0.15, -0.1) is 12.3 Å². The summed E-state index contributed by atoms with van der Waals surface area (Å²) in [6, 6.07) is 1.36. The second kappa shape index (κ2) is 3.07. The molecule has 1 nitrogen and oxygen atoms in total. The lowest BCUT2D eigenvalue weighted by atomic mass is 10.1. The van der Waals surface area contributed by atoms with Crippen LogP contribution in [0.2, 0.25) is 25.7 Å². The molecule has 0 spiro atoms. The van der Waals surface area contributed by atoms with E-state index in [1.54, 1.807) is 0 Å². The number of hydrogen-bond acceptors (Lipinski definition) is 1. The molecular formula is C10H22OSi2. The molecule has 13 heavy (non-hydrogen) atoms. The first kappa shape index (κ1) is 11.2. The Balaban J connectivity index is 2.92. The zero-order valence-corrected chi connectivity index (χ0v) is 11.6. The lowest BCUT2D eigenvalue weighted by molar-refractivity contribution is 0.0936. The first-order chi connectivity index (χ1) is 5.72. The van der Waals surface area contributed by atoms with Crippen LogP contribution in [0.25, 0.3) is 0 Å². The molecule has 0 aromatic rings. The minimum absolute atomic E-state index is 0.116. The van der Waals surface area contributed by atoms with Gasteiger partial charge >= 0.3 is 0 Å². The topological polar surface area (TPSA) is 9.23 Å². The minimum atomic E-state index is -1.46. The van der Waals surface area contributed by atoms with E-state index in [0.717, 1.165) is 0 Å². The van der Waals surface area contributed by atoms with Gasteiger partial charge in [-0.05, 0) is 33.4 Å². The van der Waals surface area contributed by atoms with Crippen LogP contribution < -0.4 is 0 Å². The minimum Gasteiger partial charge on any atom is -0.415 e. The van der Waals surface area contributed by atoms with Crippen molar-refractivity contribution in [1.82, 2.24) is 0 Å². The van der Waals surface area contributed by atoms with Crippen LogP contribution in [0.4, 0.5) is 0 Å². The average molecular weight is 214 g/mol. The summed E-state index contributed by atoms with van der Waals surface area (Å²) < 4.78 is 6.30. The van der Waals surface area contributed by atoms with E-state index in [1.807, 2.05) is 0 Å². The molecule has 1 atom stereocenters. The second-order valence-corrected chi connectivity index (χ2v) is 19.5. The zero-order chi connectivity index (χ0) is 10.3. The Labute approximate surface area is 84.1 Å². The number of hydrogen-bond donors (Lipinski definition) is 0. The van der Waals surface area contributed by atoms with Gasteiger partial charge in [-0.3, -0.25) is 0 Å². The summed E-state index contributed by atoms with van der Waals surface area (Å²) in [6.45, 7) is 15.6. The standard InChI is InChI=1S/C10H22OSi2/c1-7-13(6)9-8-10(2,3)11-12(13,4)5/h7H,1,8-9H2,2-6H3. The molecule has 0 aliphatic carbocycles. The van der Waals surface area contributed by atoms with Crippen LogP contribution in [-0.4, -0.2) is 21.0 Å². The molecule has 0 N–H and O–H groups in total. The van der Waals surface area contributed by atoms with Crippen LogP contribution >= 0.6 is 0 Å². The van der Waals surface area contributed by atoms with Gasteiger partial charge in [-0.2, -0.15) is 0 Å². The van der Waals surface area contributed by atoms with Crippen molar-refractivity contribution in [2.24, 2.45) is 0 Å². The van der Waals surface area contributed by atoms with Crippen molar-refractivity contribution in [1.29, 1.82) is 0 Å². The van der Waals surface area contributed by atoms with Gasteiger partial charge in [0.2, 0.25) is 0 Å². The Kier molecular flexibility index (Phi) is 2.65. The molecule has 0 aromatic carbocycles. The Bertz CT molecular complexity index is 223. The fourth-order valence-electron chi connectivity index (χ4n) is 2.07. The van der Waals surface area contributed by atoms with Crippen LogP contribution in [0.5, 0.6) is 0 Å². The molecule has 76 valence electrons. The highest BCUT2D eigenvalue weighted by atomic mass is 29.3. The molecule has 0 amide bonds. The van der Waals surface area contributed by atoms with Crippen molar-refractivity contribution in [3.8, 4) is 0 Å². The van der Waals surface area contributed by atoms with Gasteiger partial charge in [-0.1, -0.05) is 12.6 Å². The van der Waals surface area contributed by atoms with Gasteiger partial charge in [-0.25, -0.2) is 0 Å². The maximum absolute atomic E-state index is 6.30. The lowest BCUT2D eigenvalue weighted by Gasteiger charge is -2.49. The van der Waals surface area contributed by atoms with Crippen LogP contribution in [0.15, 0.2) is 12.3 Å². The van der Waals surface area contributed by atoms with Gasteiger partial charge in [0.15, 0.2) is 7.83 Å². The van der Waals surface area contributed by atoms with Gasteiger partial charge in [0.25, 0.3) is 0 Å². The summed E-state index contributed by atoms with van der Waals surface area (Å²) in [7, 11) is -2.71. The predicted octanol–water partition coefficient (Wildman–Crippen LogP) is 3.27. The predicted molar refractivity (Wildman–Crippen MR) is 63.9 cm³/mol. The molecule has 1 saturated heterocycles. The molecule has 1 aliphatic rings. The molecule has 0 radical (unpaired) electrons. The van der Waals surface area contributed by atoms with Crippen molar-refractivity contribution in [2.45, 2.75) is 51.6 Å². The molecule has 0 saturated carbocycles. The molecule has 0 aromatic heterocycles. The average Bonchev–Trinajstić information content (AvgIpc) is 1.96. The van der Waals surface area contributed by atoms with Crippen LogP contribution in [0, 0.1) is 0 Å². The van der Waals surface area contributed by atoms with E-state index >= 15 is 0 Å². The second-order valence-electron chi connectivity index (χ2n) is 5.49. The largest absolute Gasteiger partial charge is 0.415 e. The van der Waals surface area contributed by atoms with Gasteiger partial charge in [0.1, 0.15) is 0 Å². The third-order valence-corrected chi connectivity index (χ3v) is 19.5. The maximum atomic E-state index is 6.30. The van der Waals surface area contributed by atoms with Gasteiger partial charge in [0, 0.05) is 0 Å². The summed E-state index contributed by atoms with van der Waals surface area (Å²) in [4.78, 5) is 0. The fourth-order valence-corrected chi connectivity index (χ4v) is 11.4. The Morgan fingerprint density at radius 1 is 1.31 bits per heavy atom. The lowest BCUT2D eigenvalue weighted by Crippen LogP contribution is -2.64. The maximum Gasteiger partial charge on any atom is 0.179 e. The Morgan fingerprint density at radius 2 is 1.85 bits per heavy atom. The third-order valence-electron chi connectivity index (χ3n) is 3.60. The smallest absolute Gasteiger partial charge is 0.179 e. The van der Waals surface area contributed by atoms with Crippen LogP contribution in [0.3, 0.4) is 0 Å². The highest BCUT2D eigenvalue weighted by Crippen LogP contribution is 2.38. The molecule has 1 rings (SSSR count). The van der Waals surface area contributed by atoms with Gasteiger partial charge in [0.05, 0.1) is 13.2 Å². The molecule has 0 bridgehead atoms. The van der Waals surface area contributed by atoms with E-state index in [1.165, 1.54) is 12.5 Å². The van der Waals surface area contributed by atoms with Gasteiger partial charge < -0.3 is 4.43 Å². The normalized spacial score (nSPS) is 37.0. The van der Waals surface area contributed by atoms with E-state index < -0.39 is 15.4 Å². The van der Waals surface area contributed by atoms with E-state index in [2.05, 4.69) is 45.8 Å². The fraction of sp³-hybridized carbons (Fsp3) is 0.800. The van der Waals surface area contributed by atoms with E-state index in [-0.39, 0.29) is 5.60 Å². The summed E-state index contributed by atoms with van der Waals surface area (Å²) >= 11 is 0. The first-order valence-electron chi connectivity index (χ1n) is 5.06. The monoisotopic (exact) mass is 214 g/mol. The SMILES string of the molecule is C=C[Si]1(C)CCC(C)(C)O[Si]1(C)C. The summed E-state index contributed by atoms with van der Waals surface area (Å²) in [6.07, 6.45) is 1.21. The van der Waals surface area contributed by atoms with Crippen molar-refractivity contribution >= 4 is 15.4 Å². The quantitative estimate of drug-likeness (QED) is 0.609. The van der Waals surface area contributed by atoms with Crippen molar-refractivity contribution in [3.05, 3.63) is 12.3 Å². The third kappa shape index (κ3) is 1.97.